The van der Waals surface area contributed by atoms with E-state index < -0.39 is 0 Å². The van der Waals surface area contributed by atoms with E-state index in [4.69, 9.17) is 11.6 Å². The predicted octanol–water partition coefficient (Wildman–Crippen LogP) is 2.14. The van der Waals surface area contributed by atoms with Gasteiger partial charge < -0.3 is 5.11 Å². The minimum Gasteiger partial charge on any atom is -0.506 e. The molecule has 3 heteroatoms. The van der Waals surface area contributed by atoms with Crippen LogP contribution >= 0.6 is 11.6 Å². The molecule has 0 radical (unpaired) electrons. The Morgan fingerprint density at radius 2 is 2.40 bits per heavy atom. The van der Waals surface area contributed by atoms with Gasteiger partial charge in [0.2, 0.25) is 0 Å². The van der Waals surface area contributed by atoms with E-state index in [1.165, 1.54) is 12.3 Å². The summed E-state index contributed by atoms with van der Waals surface area (Å²) in [4.78, 5) is 3.70. The van der Waals surface area contributed by atoms with Crippen LogP contribution < -0.4 is 0 Å². The highest BCUT2D eigenvalue weighted by molar-refractivity contribution is 6.32. The standard InChI is InChI=1S/C7H6ClNO/c1-5-4-9-3-2-6(8)7(5)10/h2,4,10H,1H3. The number of aliphatic hydroxyl groups excluding tert-OH is 1. The lowest BCUT2D eigenvalue weighted by molar-refractivity contribution is 0.422. The Labute approximate surface area is 63.8 Å². The van der Waals surface area contributed by atoms with Crippen LogP contribution in [0.1, 0.15) is 6.92 Å². The molecule has 1 rings (SSSR count). The second-order valence-electron chi connectivity index (χ2n) is 1.91. The SMILES string of the molecule is CC1=CN=C=CC(Cl)=C1O. The third-order valence-corrected chi connectivity index (χ3v) is 1.41. The molecule has 0 saturated heterocycles. The summed E-state index contributed by atoms with van der Waals surface area (Å²) in [6.07, 6.45) is 2.92. The predicted molar refractivity (Wildman–Crippen MR) is 41.3 cm³/mol. The number of hydrogen-bond donors (Lipinski definition) is 1. The van der Waals surface area contributed by atoms with Crippen LogP contribution in [-0.2, 0) is 0 Å². The zero-order valence-electron chi connectivity index (χ0n) is 5.43. The van der Waals surface area contributed by atoms with Gasteiger partial charge in [-0.3, -0.25) is 0 Å². The fraction of sp³-hybridized carbons (Fsp3) is 0.143. The van der Waals surface area contributed by atoms with Gasteiger partial charge in [-0.15, -0.1) is 0 Å². The van der Waals surface area contributed by atoms with Crippen LogP contribution in [-0.4, -0.2) is 11.0 Å². The molecule has 1 aliphatic heterocycles. The van der Waals surface area contributed by atoms with Crippen LogP contribution in [0, 0.1) is 0 Å². The van der Waals surface area contributed by atoms with Crippen LogP contribution in [0.3, 0.4) is 0 Å². The molecule has 0 amide bonds. The number of allylic oxidation sites excluding steroid dienone is 3. The van der Waals surface area contributed by atoms with Gasteiger partial charge in [-0.2, -0.15) is 0 Å². The molecule has 0 saturated carbocycles. The fourth-order valence-electron chi connectivity index (χ4n) is 0.546. The third kappa shape index (κ3) is 1.29. The lowest BCUT2D eigenvalue weighted by Gasteiger charge is -1.96. The Balaban J connectivity index is 3.16. The van der Waals surface area contributed by atoms with E-state index in [2.05, 4.69) is 10.9 Å². The first-order valence-electron chi connectivity index (χ1n) is 2.76. The molecule has 0 atom stereocenters. The molecule has 0 aliphatic carbocycles. The summed E-state index contributed by atoms with van der Waals surface area (Å²) in [5.41, 5.74) is 0.645. The second kappa shape index (κ2) is 2.74. The number of hydrogen-bond acceptors (Lipinski definition) is 2. The van der Waals surface area contributed by atoms with E-state index in [9.17, 15) is 5.11 Å². The number of aliphatic imine (C=N–C) groups is 1. The van der Waals surface area contributed by atoms with E-state index in [1.807, 2.05) is 0 Å². The Hall–Kier alpha value is -0.980. The molecule has 0 aromatic rings. The van der Waals surface area contributed by atoms with Crippen molar-refractivity contribution in [1.82, 2.24) is 0 Å². The van der Waals surface area contributed by atoms with Crippen molar-refractivity contribution >= 4 is 17.5 Å². The summed E-state index contributed by atoms with van der Waals surface area (Å²) >= 11 is 5.58. The Bertz CT molecular complexity index is 265. The smallest absolute Gasteiger partial charge is 0.139 e. The lowest BCUT2D eigenvalue weighted by Crippen LogP contribution is -1.83. The van der Waals surface area contributed by atoms with E-state index in [1.54, 1.807) is 6.92 Å². The Kier molecular flexibility index (Phi) is 1.95. The van der Waals surface area contributed by atoms with E-state index in [0.29, 0.717) is 5.57 Å². The molecule has 0 fully saturated rings. The molecule has 1 aliphatic rings. The van der Waals surface area contributed by atoms with Gasteiger partial charge in [0.05, 0.1) is 5.03 Å². The highest BCUT2D eigenvalue weighted by atomic mass is 35.5. The summed E-state index contributed by atoms with van der Waals surface area (Å²) in [7, 11) is 0. The van der Waals surface area contributed by atoms with Gasteiger partial charge in [0.1, 0.15) is 5.76 Å². The molecule has 0 spiro atoms. The van der Waals surface area contributed by atoms with E-state index >= 15 is 0 Å². The lowest BCUT2D eigenvalue weighted by atomic mass is 10.2. The monoisotopic (exact) mass is 155 g/mol. The molecule has 52 valence electrons. The van der Waals surface area contributed by atoms with Gasteiger partial charge in [0.25, 0.3) is 0 Å². The minimum absolute atomic E-state index is 0.0652. The maximum Gasteiger partial charge on any atom is 0.139 e. The van der Waals surface area contributed by atoms with Crippen LogP contribution in [0.2, 0.25) is 0 Å². The summed E-state index contributed by atoms with van der Waals surface area (Å²) in [5, 5.41) is 9.45. The molecular formula is C7H6ClNO. The number of aliphatic hydroxyl groups is 1. The van der Waals surface area contributed by atoms with Crippen molar-refractivity contribution in [1.29, 1.82) is 0 Å². The maximum absolute atomic E-state index is 9.17. The van der Waals surface area contributed by atoms with Gasteiger partial charge in [-0.05, 0) is 12.8 Å². The van der Waals surface area contributed by atoms with Crippen molar-refractivity contribution in [2.45, 2.75) is 6.92 Å². The van der Waals surface area contributed by atoms with Gasteiger partial charge in [-0.25, -0.2) is 4.99 Å². The molecule has 0 unspecified atom stereocenters. The van der Waals surface area contributed by atoms with Crippen molar-refractivity contribution in [3.8, 4) is 0 Å². The fourth-order valence-corrected chi connectivity index (χ4v) is 0.744. The third-order valence-electron chi connectivity index (χ3n) is 1.12. The first-order chi connectivity index (χ1) is 4.72. The normalized spacial score (nSPS) is 17.2. The van der Waals surface area contributed by atoms with Crippen LogP contribution in [0.4, 0.5) is 0 Å². The van der Waals surface area contributed by atoms with Crippen molar-refractivity contribution in [3.05, 3.63) is 28.6 Å². The second-order valence-corrected chi connectivity index (χ2v) is 2.32. The highest BCUT2D eigenvalue weighted by Gasteiger charge is 2.02. The first kappa shape index (κ1) is 7.13. The number of nitrogens with zero attached hydrogens (tertiary/aromatic N) is 1. The topological polar surface area (TPSA) is 32.6 Å². The van der Waals surface area contributed by atoms with Crippen molar-refractivity contribution < 1.29 is 5.11 Å². The number of halogens is 1. The van der Waals surface area contributed by atoms with Gasteiger partial charge in [0, 0.05) is 17.8 Å². The average molecular weight is 156 g/mol. The summed E-state index contributed by atoms with van der Waals surface area (Å²) in [5.74, 6) is 2.60. The van der Waals surface area contributed by atoms with Gasteiger partial charge >= 0.3 is 0 Å². The maximum atomic E-state index is 9.17. The summed E-state index contributed by atoms with van der Waals surface area (Å²) in [6.45, 7) is 1.72. The molecule has 0 bridgehead atoms. The van der Waals surface area contributed by atoms with Crippen LogP contribution in [0.25, 0.3) is 0 Å². The van der Waals surface area contributed by atoms with Crippen molar-refractivity contribution in [3.63, 3.8) is 0 Å². The zero-order chi connectivity index (χ0) is 7.56. The quantitative estimate of drug-likeness (QED) is 0.571. The van der Waals surface area contributed by atoms with Crippen molar-refractivity contribution in [2.75, 3.05) is 0 Å². The molecule has 1 N–H and O–H groups in total. The molecule has 2 nitrogen and oxygen atoms in total. The van der Waals surface area contributed by atoms with Crippen LogP contribution in [0.5, 0.6) is 0 Å². The molecule has 10 heavy (non-hydrogen) atoms. The van der Waals surface area contributed by atoms with Crippen LogP contribution in [0.15, 0.2) is 33.6 Å². The number of rotatable bonds is 0. The largest absolute Gasteiger partial charge is 0.506 e. The Morgan fingerprint density at radius 1 is 1.70 bits per heavy atom. The molecule has 0 aromatic carbocycles. The molecule has 0 aromatic heterocycles. The van der Waals surface area contributed by atoms with E-state index in [0.717, 1.165) is 0 Å². The van der Waals surface area contributed by atoms with Gasteiger partial charge in [0.15, 0.2) is 0 Å². The summed E-state index contributed by atoms with van der Waals surface area (Å²) < 4.78 is 0. The zero-order valence-corrected chi connectivity index (χ0v) is 6.18. The van der Waals surface area contributed by atoms with Gasteiger partial charge in [-0.1, -0.05) is 11.6 Å². The minimum atomic E-state index is 0.0652. The summed E-state index contributed by atoms with van der Waals surface area (Å²) in [6, 6.07) is 0. The van der Waals surface area contributed by atoms with Crippen molar-refractivity contribution in [2.24, 2.45) is 4.99 Å². The average Bonchev–Trinajstić information content (AvgIpc) is 2.04. The highest BCUT2D eigenvalue weighted by Crippen LogP contribution is 2.16. The first-order valence-corrected chi connectivity index (χ1v) is 3.14. The molecule has 1 heterocycles. The van der Waals surface area contributed by atoms with E-state index in [-0.39, 0.29) is 10.8 Å². The Morgan fingerprint density at radius 3 is 3.10 bits per heavy atom. The molecular weight excluding hydrogens is 150 g/mol.